The van der Waals surface area contributed by atoms with E-state index in [-0.39, 0.29) is 24.9 Å². The van der Waals surface area contributed by atoms with Crippen LogP contribution in [0.5, 0.6) is 34.5 Å². The maximum Gasteiger partial charge on any atom is 0.132 e. The van der Waals surface area contributed by atoms with Crippen molar-refractivity contribution in [3.05, 3.63) is 95.1 Å². The van der Waals surface area contributed by atoms with E-state index in [9.17, 15) is 5.11 Å². The third-order valence-corrected chi connectivity index (χ3v) is 9.02. The molecular weight excluding hydrogens is 588 g/mol. The quantitative estimate of drug-likeness (QED) is 0.183. The molecule has 1 spiro atoms. The molecule has 3 saturated heterocycles. The van der Waals surface area contributed by atoms with Gasteiger partial charge in [0.15, 0.2) is 0 Å². The molecule has 46 heavy (non-hydrogen) atoms. The molecule has 4 aliphatic heterocycles. The SMILES string of the molecule is CC(O)COc1ccc2c(c1)C1(c3cc(OCC4CO4)ccc3Oc3ccc(OCC4CO4)cc31)c1cc(OCC3CO3)ccc1-2. The molecule has 4 atom stereocenters. The molecule has 4 aromatic rings. The Kier molecular flexibility index (Phi) is 6.64. The van der Waals surface area contributed by atoms with Gasteiger partial charge in [-0.25, -0.2) is 0 Å². The van der Waals surface area contributed by atoms with Crippen molar-refractivity contribution in [2.75, 3.05) is 46.2 Å². The van der Waals surface area contributed by atoms with Gasteiger partial charge in [-0.1, -0.05) is 12.1 Å². The predicted molar refractivity (Wildman–Crippen MR) is 167 cm³/mol. The highest BCUT2D eigenvalue weighted by atomic mass is 16.6. The Morgan fingerprint density at radius 1 is 0.609 bits per heavy atom. The van der Waals surface area contributed by atoms with Crippen LogP contribution in [-0.4, -0.2) is 75.8 Å². The van der Waals surface area contributed by atoms with Crippen molar-refractivity contribution >= 4 is 0 Å². The van der Waals surface area contributed by atoms with Crippen molar-refractivity contribution in [3.8, 4) is 45.6 Å². The highest BCUT2D eigenvalue weighted by molar-refractivity contribution is 5.89. The third-order valence-electron chi connectivity index (χ3n) is 9.02. The summed E-state index contributed by atoms with van der Waals surface area (Å²) >= 11 is 0. The summed E-state index contributed by atoms with van der Waals surface area (Å²) in [6.07, 6.45) is -0.241. The molecule has 9 nitrogen and oxygen atoms in total. The molecule has 9 heteroatoms. The molecule has 3 fully saturated rings. The van der Waals surface area contributed by atoms with Gasteiger partial charge in [-0.2, -0.15) is 0 Å². The van der Waals surface area contributed by atoms with Gasteiger partial charge in [0.1, 0.15) is 79.2 Å². The average Bonchev–Trinajstić information content (AvgIpc) is 3.93. The van der Waals surface area contributed by atoms with Crippen LogP contribution in [0.1, 0.15) is 29.2 Å². The van der Waals surface area contributed by atoms with Crippen LogP contribution in [0.4, 0.5) is 0 Å². The first-order valence-electron chi connectivity index (χ1n) is 15.8. The summed E-state index contributed by atoms with van der Waals surface area (Å²) in [6, 6.07) is 24.5. The van der Waals surface area contributed by atoms with Gasteiger partial charge in [0.2, 0.25) is 0 Å². The molecule has 4 heterocycles. The lowest BCUT2D eigenvalue weighted by Gasteiger charge is -2.39. The van der Waals surface area contributed by atoms with Crippen LogP contribution in [0.3, 0.4) is 0 Å². The summed E-state index contributed by atoms with van der Waals surface area (Å²) in [4.78, 5) is 0. The van der Waals surface area contributed by atoms with Gasteiger partial charge in [-0.3, -0.25) is 0 Å². The predicted octanol–water partition coefficient (Wildman–Crippen LogP) is 5.25. The molecule has 1 N–H and O–H groups in total. The van der Waals surface area contributed by atoms with Gasteiger partial charge in [-0.05, 0) is 89.8 Å². The Morgan fingerprint density at radius 3 is 1.41 bits per heavy atom. The van der Waals surface area contributed by atoms with Gasteiger partial charge in [0, 0.05) is 11.1 Å². The molecular formula is C37H34O9. The van der Waals surface area contributed by atoms with Crippen LogP contribution in [0.2, 0.25) is 0 Å². The van der Waals surface area contributed by atoms with Crippen molar-refractivity contribution < 1.29 is 43.0 Å². The molecule has 1 aliphatic carbocycles. The topological polar surface area (TPSA) is 104 Å². The van der Waals surface area contributed by atoms with E-state index in [0.717, 1.165) is 68.7 Å². The van der Waals surface area contributed by atoms with Crippen LogP contribution in [0, 0.1) is 0 Å². The summed E-state index contributed by atoms with van der Waals surface area (Å²) in [7, 11) is 0. The van der Waals surface area contributed by atoms with E-state index in [2.05, 4.69) is 36.4 Å². The van der Waals surface area contributed by atoms with Gasteiger partial charge >= 0.3 is 0 Å². The van der Waals surface area contributed by atoms with E-state index in [1.807, 2.05) is 36.4 Å². The van der Waals surface area contributed by atoms with E-state index in [1.165, 1.54) is 0 Å². The van der Waals surface area contributed by atoms with E-state index in [0.29, 0.717) is 38.8 Å². The number of benzene rings is 4. The molecule has 0 amide bonds. The number of epoxide rings is 3. The van der Waals surface area contributed by atoms with Crippen molar-refractivity contribution in [2.24, 2.45) is 0 Å². The van der Waals surface area contributed by atoms with Gasteiger partial charge in [-0.15, -0.1) is 0 Å². The van der Waals surface area contributed by atoms with Gasteiger partial charge in [0.05, 0.1) is 31.3 Å². The second-order valence-corrected chi connectivity index (χ2v) is 12.5. The highest BCUT2D eigenvalue weighted by Gasteiger charge is 2.52. The summed E-state index contributed by atoms with van der Waals surface area (Å²) in [6.45, 7) is 5.50. The molecule has 5 aliphatic rings. The first kappa shape index (κ1) is 28.0. The minimum absolute atomic E-state index is 0.119. The van der Waals surface area contributed by atoms with Gasteiger partial charge < -0.3 is 43.0 Å². The Balaban J connectivity index is 1.26. The minimum Gasteiger partial charge on any atom is -0.491 e. The zero-order chi connectivity index (χ0) is 30.8. The molecule has 0 radical (unpaired) electrons. The highest BCUT2D eigenvalue weighted by Crippen LogP contribution is 2.63. The minimum atomic E-state index is -0.835. The number of aliphatic hydroxyl groups excluding tert-OH is 1. The average molecular weight is 623 g/mol. The van der Waals surface area contributed by atoms with Crippen molar-refractivity contribution in [1.82, 2.24) is 0 Å². The van der Waals surface area contributed by atoms with Crippen LogP contribution < -0.4 is 23.7 Å². The zero-order valence-corrected chi connectivity index (χ0v) is 25.4. The zero-order valence-electron chi connectivity index (χ0n) is 25.4. The Hall–Kier alpha value is -4.28. The van der Waals surface area contributed by atoms with Crippen molar-refractivity contribution in [3.63, 3.8) is 0 Å². The number of fused-ring (bicyclic) bond motifs is 9. The van der Waals surface area contributed by atoms with Crippen LogP contribution in [-0.2, 0) is 19.6 Å². The van der Waals surface area contributed by atoms with E-state index in [4.69, 9.17) is 37.9 Å². The first-order chi connectivity index (χ1) is 22.5. The summed E-state index contributed by atoms with van der Waals surface area (Å²) in [5.74, 6) is 4.35. The summed E-state index contributed by atoms with van der Waals surface area (Å²) in [5.41, 5.74) is 5.29. The number of hydrogen-bond donors (Lipinski definition) is 1. The number of aliphatic hydroxyl groups is 1. The molecule has 4 aromatic carbocycles. The maximum absolute atomic E-state index is 10.0. The number of hydrogen-bond acceptors (Lipinski definition) is 9. The standard InChI is InChI=1S/C37H34O9/c1-21(38)14-39-22-2-6-29-30-7-3-23(40-15-26-18-43-26)11-32(30)37(31(29)10-22)33-12-24(41-16-27-19-44-27)4-8-35(33)46-36-9-5-25(13-34(36)37)42-17-28-20-45-28/h2-13,21,26-28,38H,14-20H2,1H3. The molecule has 0 saturated carbocycles. The second kappa shape index (κ2) is 10.9. The lowest BCUT2D eigenvalue weighted by Crippen LogP contribution is -2.32. The number of ether oxygens (including phenoxy) is 8. The lowest BCUT2D eigenvalue weighted by molar-refractivity contribution is 0.122. The largest absolute Gasteiger partial charge is 0.491 e. The fraction of sp³-hybridized carbons (Fsp3) is 0.351. The monoisotopic (exact) mass is 622 g/mol. The van der Waals surface area contributed by atoms with E-state index < -0.39 is 11.5 Å². The lowest BCUT2D eigenvalue weighted by atomic mass is 9.66. The Labute approximate surface area is 266 Å². The normalized spacial score (nSPS) is 24.5. The fourth-order valence-corrected chi connectivity index (χ4v) is 6.54. The van der Waals surface area contributed by atoms with E-state index in [1.54, 1.807) is 6.92 Å². The van der Waals surface area contributed by atoms with Crippen LogP contribution in [0.15, 0.2) is 72.8 Å². The van der Waals surface area contributed by atoms with Gasteiger partial charge in [0.25, 0.3) is 0 Å². The molecule has 0 bridgehead atoms. The fourth-order valence-electron chi connectivity index (χ4n) is 6.54. The summed E-state index contributed by atoms with van der Waals surface area (Å²) < 4.78 is 47.7. The smallest absolute Gasteiger partial charge is 0.132 e. The Bertz CT molecular complexity index is 1680. The van der Waals surface area contributed by atoms with Crippen molar-refractivity contribution in [1.29, 1.82) is 0 Å². The van der Waals surface area contributed by atoms with Crippen LogP contribution in [0.25, 0.3) is 11.1 Å². The van der Waals surface area contributed by atoms with Crippen LogP contribution >= 0.6 is 0 Å². The molecule has 0 aromatic heterocycles. The van der Waals surface area contributed by atoms with Crippen molar-refractivity contribution in [2.45, 2.75) is 36.8 Å². The molecule has 236 valence electrons. The molecule has 4 unspecified atom stereocenters. The molecule has 9 rings (SSSR count). The maximum atomic E-state index is 10.0. The first-order valence-corrected chi connectivity index (χ1v) is 15.8. The third kappa shape index (κ3) is 5.04. The Morgan fingerprint density at radius 2 is 1.00 bits per heavy atom. The van der Waals surface area contributed by atoms with E-state index >= 15 is 0 Å². The summed E-state index contributed by atoms with van der Waals surface area (Å²) in [5, 5.41) is 10.0. The number of rotatable bonds is 12. The second-order valence-electron chi connectivity index (χ2n) is 12.5.